The largest absolute Gasteiger partial charge is 0.378 e. The van der Waals surface area contributed by atoms with Crippen molar-refractivity contribution in [2.75, 3.05) is 0 Å². The molecule has 25 heavy (non-hydrogen) atoms. The number of amidine groups is 1. The lowest BCUT2D eigenvalue weighted by molar-refractivity contribution is 0.0988. The van der Waals surface area contributed by atoms with Crippen LogP contribution < -0.4 is 5.73 Å². The predicted molar refractivity (Wildman–Crippen MR) is 94.3 cm³/mol. The highest BCUT2D eigenvalue weighted by Gasteiger charge is 2.29. The number of nitrogens with two attached hydrogens (primary N) is 1. The van der Waals surface area contributed by atoms with Gasteiger partial charge in [-0.1, -0.05) is 17.8 Å². The molecule has 0 saturated heterocycles. The number of thioether (sulfide) groups is 1. The zero-order valence-corrected chi connectivity index (χ0v) is 14.2. The second-order valence-corrected chi connectivity index (χ2v) is 6.72. The van der Waals surface area contributed by atoms with Crippen molar-refractivity contribution in [3.8, 4) is 0 Å². The first kappa shape index (κ1) is 17.3. The molecule has 4 nitrogen and oxygen atoms in total. The molecule has 0 spiro atoms. The number of benzene rings is 1. The van der Waals surface area contributed by atoms with Gasteiger partial charge in [-0.3, -0.25) is 9.78 Å². The standard InChI is InChI=1S/C18H15F2N3OS/c1-18(6-7-25-17(21)23-18)13-8-11(2-4-14(13)20)9-16(24)15-5-3-12(19)10-22-15/h2-8,10H,9H2,1H3,(H2,21,23)/t18-/m0/s1. The topological polar surface area (TPSA) is 68.3 Å². The molecule has 1 atom stereocenters. The molecule has 1 aromatic heterocycles. The Kier molecular flexibility index (Phi) is 4.67. The molecule has 1 aliphatic rings. The summed E-state index contributed by atoms with van der Waals surface area (Å²) in [5.74, 6) is -1.21. The van der Waals surface area contributed by atoms with E-state index in [1.807, 2.05) is 0 Å². The average molecular weight is 359 g/mol. The first-order chi connectivity index (χ1) is 11.9. The summed E-state index contributed by atoms with van der Waals surface area (Å²) in [7, 11) is 0. The quantitative estimate of drug-likeness (QED) is 0.848. The Morgan fingerprint density at radius 2 is 2.08 bits per heavy atom. The van der Waals surface area contributed by atoms with Gasteiger partial charge in [-0.15, -0.1) is 0 Å². The van der Waals surface area contributed by atoms with Crippen LogP contribution in [0, 0.1) is 11.6 Å². The number of hydrogen-bond donors (Lipinski definition) is 1. The van der Waals surface area contributed by atoms with E-state index in [0.29, 0.717) is 16.3 Å². The minimum Gasteiger partial charge on any atom is -0.378 e. The van der Waals surface area contributed by atoms with Gasteiger partial charge < -0.3 is 5.73 Å². The van der Waals surface area contributed by atoms with Crippen molar-refractivity contribution in [3.05, 3.63) is 76.5 Å². The number of aliphatic imine (C=N–C) groups is 1. The molecule has 0 fully saturated rings. The molecule has 3 rings (SSSR count). The van der Waals surface area contributed by atoms with Crippen molar-refractivity contribution in [1.82, 2.24) is 4.98 Å². The van der Waals surface area contributed by atoms with E-state index in [0.717, 1.165) is 6.20 Å². The van der Waals surface area contributed by atoms with Crippen molar-refractivity contribution in [3.63, 3.8) is 0 Å². The maximum Gasteiger partial charge on any atom is 0.185 e. The zero-order chi connectivity index (χ0) is 18.0. The zero-order valence-electron chi connectivity index (χ0n) is 13.4. The molecular formula is C18H15F2N3OS. The van der Waals surface area contributed by atoms with E-state index >= 15 is 0 Å². The second kappa shape index (κ2) is 6.76. The van der Waals surface area contributed by atoms with Gasteiger partial charge in [-0.05, 0) is 48.2 Å². The molecule has 1 aromatic carbocycles. The fourth-order valence-electron chi connectivity index (χ4n) is 2.57. The first-order valence-electron chi connectivity index (χ1n) is 7.51. The monoisotopic (exact) mass is 359 g/mol. The molecule has 0 radical (unpaired) electrons. The SMILES string of the molecule is C[C@@]1(c2cc(CC(=O)c3ccc(F)cn3)ccc2F)C=CSC(N)=N1. The van der Waals surface area contributed by atoms with Crippen LogP contribution in [0.4, 0.5) is 8.78 Å². The van der Waals surface area contributed by atoms with Crippen molar-refractivity contribution in [1.29, 1.82) is 0 Å². The number of Topliss-reactive ketones (excluding diaryl/α,β-unsaturated/α-hetero) is 1. The minimum absolute atomic E-state index is 0.0274. The lowest BCUT2D eigenvalue weighted by Gasteiger charge is -2.26. The molecular weight excluding hydrogens is 344 g/mol. The van der Waals surface area contributed by atoms with Crippen molar-refractivity contribution < 1.29 is 13.6 Å². The molecule has 0 aliphatic carbocycles. The normalized spacial score (nSPS) is 19.6. The van der Waals surface area contributed by atoms with Gasteiger partial charge in [-0.25, -0.2) is 13.8 Å². The molecule has 0 amide bonds. The highest BCUT2D eigenvalue weighted by molar-refractivity contribution is 8.16. The Balaban J connectivity index is 1.89. The van der Waals surface area contributed by atoms with Crippen LogP contribution in [0.3, 0.4) is 0 Å². The van der Waals surface area contributed by atoms with Crippen molar-refractivity contribution in [2.24, 2.45) is 10.7 Å². The van der Waals surface area contributed by atoms with E-state index in [-0.39, 0.29) is 17.9 Å². The van der Waals surface area contributed by atoms with Gasteiger partial charge in [0, 0.05) is 12.0 Å². The van der Waals surface area contributed by atoms with E-state index in [1.165, 1.54) is 36.0 Å². The van der Waals surface area contributed by atoms with Gasteiger partial charge in [0.2, 0.25) is 0 Å². The van der Waals surface area contributed by atoms with E-state index in [4.69, 9.17) is 5.73 Å². The molecule has 0 unspecified atom stereocenters. The maximum atomic E-state index is 14.3. The second-order valence-electron chi connectivity index (χ2n) is 5.79. The van der Waals surface area contributed by atoms with Gasteiger partial charge in [0.05, 0.1) is 6.20 Å². The number of halogens is 2. The summed E-state index contributed by atoms with van der Waals surface area (Å²) < 4.78 is 27.2. The molecule has 2 aromatic rings. The lowest BCUT2D eigenvalue weighted by atomic mass is 9.90. The van der Waals surface area contributed by atoms with Gasteiger partial charge in [-0.2, -0.15) is 0 Å². The van der Waals surface area contributed by atoms with Crippen LogP contribution in [0.15, 0.2) is 53.0 Å². The van der Waals surface area contributed by atoms with Crippen LogP contribution in [0.1, 0.15) is 28.5 Å². The Labute approximate surface area is 147 Å². The molecule has 0 bridgehead atoms. The average Bonchev–Trinajstić information content (AvgIpc) is 2.57. The number of carbonyl (C=O) groups is 1. The fourth-order valence-corrected chi connectivity index (χ4v) is 3.28. The molecule has 128 valence electrons. The number of hydrogen-bond acceptors (Lipinski definition) is 5. The van der Waals surface area contributed by atoms with Gasteiger partial charge in [0.15, 0.2) is 11.0 Å². The van der Waals surface area contributed by atoms with Gasteiger partial charge in [0.1, 0.15) is 22.9 Å². The van der Waals surface area contributed by atoms with Crippen LogP contribution >= 0.6 is 11.8 Å². The fraction of sp³-hybridized carbons (Fsp3) is 0.167. The van der Waals surface area contributed by atoms with Crippen molar-refractivity contribution in [2.45, 2.75) is 18.9 Å². The molecule has 7 heteroatoms. The van der Waals surface area contributed by atoms with Crippen LogP contribution in [-0.4, -0.2) is 15.9 Å². The van der Waals surface area contributed by atoms with E-state index < -0.39 is 17.2 Å². The van der Waals surface area contributed by atoms with Crippen LogP contribution in [0.25, 0.3) is 0 Å². The maximum absolute atomic E-state index is 14.3. The molecule has 2 N–H and O–H groups in total. The van der Waals surface area contributed by atoms with Gasteiger partial charge >= 0.3 is 0 Å². The summed E-state index contributed by atoms with van der Waals surface area (Å²) in [5.41, 5.74) is 5.95. The summed E-state index contributed by atoms with van der Waals surface area (Å²) in [5, 5.41) is 2.11. The Morgan fingerprint density at radius 3 is 2.76 bits per heavy atom. The van der Waals surface area contributed by atoms with E-state index in [1.54, 1.807) is 24.5 Å². The molecule has 1 aliphatic heterocycles. The predicted octanol–water partition coefficient (Wildman–Crippen LogP) is 3.58. The number of nitrogens with zero attached hydrogens (tertiary/aromatic N) is 2. The molecule has 0 saturated carbocycles. The Hall–Kier alpha value is -2.54. The highest BCUT2D eigenvalue weighted by Crippen LogP contribution is 2.34. The van der Waals surface area contributed by atoms with Crippen LogP contribution in [0.2, 0.25) is 0 Å². The van der Waals surface area contributed by atoms with Crippen molar-refractivity contribution >= 4 is 22.7 Å². The highest BCUT2D eigenvalue weighted by atomic mass is 32.2. The number of rotatable bonds is 4. The van der Waals surface area contributed by atoms with E-state index in [9.17, 15) is 13.6 Å². The molecule has 2 heterocycles. The van der Waals surface area contributed by atoms with Gasteiger partial charge in [0.25, 0.3) is 0 Å². The minimum atomic E-state index is -0.924. The smallest absolute Gasteiger partial charge is 0.185 e. The summed E-state index contributed by atoms with van der Waals surface area (Å²) in [6, 6.07) is 6.96. The summed E-state index contributed by atoms with van der Waals surface area (Å²) in [6.07, 6.45) is 2.78. The summed E-state index contributed by atoms with van der Waals surface area (Å²) in [4.78, 5) is 20.4. The number of carbonyl (C=O) groups excluding carboxylic acids is 1. The van der Waals surface area contributed by atoms with Crippen LogP contribution in [-0.2, 0) is 12.0 Å². The Morgan fingerprint density at radius 1 is 1.28 bits per heavy atom. The summed E-state index contributed by atoms with van der Waals surface area (Å²) >= 11 is 1.27. The third kappa shape index (κ3) is 3.76. The van der Waals surface area contributed by atoms with E-state index in [2.05, 4.69) is 9.98 Å². The third-order valence-electron chi connectivity index (χ3n) is 3.88. The number of pyridine rings is 1. The van der Waals surface area contributed by atoms with Crippen LogP contribution in [0.5, 0.6) is 0 Å². The number of aromatic nitrogens is 1. The lowest BCUT2D eigenvalue weighted by Crippen LogP contribution is -2.25. The number of ketones is 1. The first-order valence-corrected chi connectivity index (χ1v) is 8.39. The third-order valence-corrected chi connectivity index (χ3v) is 4.48. The Bertz CT molecular complexity index is 880. The summed E-state index contributed by atoms with van der Waals surface area (Å²) in [6.45, 7) is 1.75.